The van der Waals surface area contributed by atoms with Crippen LogP contribution in [0.3, 0.4) is 0 Å². The third-order valence-corrected chi connectivity index (χ3v) is 8.20. The Labute approximate surface area is 228 Å². The first-order valence-corrected chi connectivity index (χ1v) is 13.6. The lowest BCUT2D eigenvalue weighted by Gasteiger charge is -2.31. The van der Waals surface area contributed by atoms with Crippen LogP contribution in [0.1, 0.15) is 43.7 Å². The number of carbonyl (C=O) groups excluding carboxylic acids is 3. The Morgan fingerprint density at radius 2 is 1.97 bits per heavy atom. The molecule has 0 aliphatic carbocycles. The molecule has 2 aromatic rings. The van der Waals surface area contributed by atoms with Crippen LogP contribution in [0.25, 0.3) is 0 Å². The zero-order chi connectivity index (χ0) is 27.7. The second kappa shape index (κ2) is 10.8. The minimum Gasteiger partial charge on any atom is -0.394 e. The number of rotatable bonds is 8. The molecule has 0 spiro atoms. The molecule has 0 unspecified atom stereocenters. The molecule has 8 heteroatoms. The predicted molar refractivity (Wildman–Crippen MR) is 150 cm³/mol. The Balaban J connectivity index is 1.47. The van der Waals surface area contributed by atoms with Crippen molar-refractivity contribution < 1.29 is 24.6 Å². The maximum atomic E-state index is 13.7. The van der Waals surface area contributed by atoms with Gasteiger partial charge in [0.15, 0.2) is 5.60 Å². The number of hydrogen-bond acceptors (Lipinski definition) is 5. The van der Waals surface area contributed by atoms with Gasteiger partial charge in [0.2, 0.25) is 11.8 Å². The molecule has 1 saturated heterocycles. The van der Waals surface area contributed by atoms with Crippen LogP contribution in [0.2, 0.25) is 0 Å². The van der Waals surface area contributed by atoms with Crippen molar-refractivity contribution in [3.63, 3.8) is 0 Å². The van der Waals surface area contributed by atoms with E-state index in [1.807, 2.05) is 24.3 Å². The summed E-state index contributed by atoms with van der Waals surface area (Å²) in [5, 5.41) is 21.5. The molecule has 2 aromatic carbocycles. The molecule has 0 aromatic heterocycles. The van der Waals surface area contributed by atoms with Crippen LogP contribution in [-0.4, -0.2) is 58.6 Å². The van der Waals surface area contributed by atoms with Gasteiger partial charge >= 0.3 is 0 Å². The Bertz CT molecular complexity index is 1340. The quantitative estimate of drug-likeness (QED) is 0.509. The first-order valence-electron chi connectivity index (χ1n) is 13.6. The molecule has 5 rings (SSSR count). The summed E-state index contributed by atoms with van der Waals surface area (Å²) in [6, 6.07) is 12.9. The lowest BCUT2D eigenvalue weighted by atomic mass is 9.82. The molecule has 0 bridgehead atoms. The third kappa shape index (κ3) is 4.57. The van der Waals surface area contributed by atoms with Crippen LogP contribution >= 0.6 is 0 Å². The molecule has 3 aliphatic heterocycles. The van der Waals surface area contributed by atoms with Gasteiger partial charge in [0.05, 0.1) is 24.0 Å². The number of fused-ring (bicyclic) bond motifs is 2. The SMILES string of the molecule is C=CCN1C(=O)[C@](O)([C@H](C)/C=C/CC(=O)N2CCC[C@H]2CO)c2cc(N3C(=O)CCc4ccccc43)ccc21. The highest BCUT2D eigenvalue weighted by atomic mass is 16.3. The van der Waals surface area contributed by atoms with Gasteiger partial charge in [0.25, 0.3) is 5.91 Å². The molecular weight excluding hydrogens is 494 g/mol. The molecule has 3 atom stereocenters. The number of aliphatic hydroxyl groups excluding tert-OH is 1. The highest BCUT2D eigenvalue weighted by Crippen LogP contribution is 2.47. The number of para-hydroxylation sites is 1. The molecule has 8 nitrogen and oxygen atoms in total. The van der Waals surface area contributed by atoms with E-state index in [-0.39, 0.29) is 37.4 Å². The first kappa shape index (κ1) is 26.8. The molecule has 0 radical (unpaired) electrons. The van der Waals surface area contributed by atoms with Crippen LogP contribution in [0.15, 0.2) is 67.3 Å². The fraction of sp³-hybridized carbons (Fsp3) is 0.387. The van der Waals surface area contributed by atoms with E-state index in [1.165, 1.54) is 4.90 Å². The molecule has 3 amide bonds. The highest BCUT2D eigenvalue weighted by molar-refractivity contribution is 6.09. The van der Waals surface area contributed by atoms with E-state index in [1.54, 1.807) is 53.2 Å². The molecule has 39 heavy (non-hydrogen) atoms. The van der Waals surface area contributed by atoms with Crippen molar-refractivity contribution in [3.05, 3.63) is 78.4 Å². The zero-order valence-electron chi connectivity index (χ0n) is 22.3. The summed E-state index contributed by atoms with van der Waals surface area (Å²) >= 11 is 0. The summed E-state index contributed by atoms with van der Waals surface area (Å²) in [4.78, 5) is 44.3. The molecule has 204 valence electrons. The Morgan fingerprint density at radius 3 is 2.74 bits per heavy atom. The molecule has 3 heterocycles. The molecule has 3 aliphatic rings. The zero-order valence-corrected chi connectivity index (χ0v) is 22.3. The predicted octanol–water partition coefficient (Wildman–Crippen LogP) is 3.58. The van der Waals surface area contributed by atoms with Crippen molar-refractivity contribution in [1.82, 2.24) is 4.90 Å². The fourth-order valence-electron chi connectivity index (χ4n) is 6.08. The van der Waals surface area contributed by atoms with Crippen LogP contribution in [0.4, 0.5) is 17.1 Å². The summed E-state index contributed by atoms with van der Waals surface area (Å²) in [7, 11) is 0. The second-order valence-corrected chi connectivity index (χ2v) is 10.5. The van der Waals surface area contributed by atoms with Gasteiger partial charge in [-0.3, -0.25) is 19.3 Å². The van der Waals surface area contributed by atoms with Gasteiger partial charge in [-0.25, -0.2) is 0 Å². The van der Waals surface area contributed by atoms with E-state index in [2.05, 4.69) is 6.58 Å². The largest absolute Gasteiger partial charge is 0.394 e. The smallest absolute Gasteiger partial charge is 0.264 e. The van der Waals surface area contributed by atoms with E-state index in [0.717, 1.165) is 24.1 Å². The van der Waals surface area contributed by atoms with Gasteiger partial charge in [-0.2, -0.15) is 0 Å². The van der Waals surface area contributed by atoms with Crippen LogP contribution < -0.4 is 9.80 Å². The number of anilines is 3. The fourth-order valence-corrected chi connectivity index (χ4v) is 6.08. The number of aryl methyl sites for hydroxylation is 1. The van der Waals surface area contributed by atoms with Gasteiger partial charge in [0, 0.05) is 43.1 Å². The maximum absolute atomic E-state index is 13.7. The summed E-state index contributed by atoms with van der Waals surface area (Å²) in [5.74, 6) is -1.25. The van der Waals surface area contributed by atoms with Crippen molar-refractivity contribution in [2.24, 2.45) is 5.92 Å². The topological polar surface area (TPSA) is 101 Å². The van der Waals surface area contributed by atoms with Crippen LogP contribution in [0.5, 0.6) is 0 Å². The van der Waals surface area contributed by atoms with Crippen molar-refractivity contribution in [2.45, 2.75) is 50.7 Å². The molecular formula is C31H35N3O5. The minimum absolute atomic E-state index is 0.0426. The summed E-state index contributed by atoms with van der Waals surface area (Å²) in [5.41, 5.74) is 1.58. The Morgan fingerprint density at radius 1 is 1.18 bits per heavy atom. The summed E-state index contributed by atoms with van der Waals surface area (Å²) in [6.45, 7) is 6.32. The normalized spacial score (nSPS) is 23.4. The lowest BCUT2D eigenvalue weighted by molar-refractivity contribution is -0.139. The first-order chi connectivity index (χ1) is 18.8. The monoisotopic (exact) mass is 529 g/mol. The van der Waals surface area contributed by atoms with E-state index < -0.39 is 17.4 Å². The van der Waals surface area contributed by atoms with Crippen molar-refractivity contribution in [1.29, 1.82) is 0 Å². The number of likely N-dealkylation sites (tertiary alicyclic amines) is 1. The second-order valence-electron chi connectivity index (χ2n) is 10.5. The molecule has 1 fully saturated rings. The van der Waals surface area contributed by atoms with Gasteiger partial charge in [-0.05, 0) is 49.1 Å². The van der Waals surface area contributed by atoms with E-state index >= 15 is 0 Å². The van der Waals surface area contributed by atoms with Gasteiger partial charge < -0.3 is 20.0 Å². The maximum Gasteiger partial charge on any atom is 0.264 e. The standard InChI is InChI=1S/C31H35N3O5/c1-3-17-33-27-15-14-23(34-26-11-5-4-9-22(26)13-16-29(34)37)19-25(27)31(39,30(33)38)21(2)8-6-12-28(36)32-18-7-10-24(32)20-35/h3-6,8-9,11,14-15,19,21,24,35,39H,1,7,10,12-13,16-18,20H2,2H3/b8-6+/t21-,24+,31+/m1/s1. The van der Waals surface area contributed by atoms with Crippen LogP contribution in [0, 0.1) is 5.92 Å². The summed E-state index contributed by atoms with van der Waals surface area (Å²) < 4.78 is 0. The number of hydrogen-bond donors (Lipinski definition) is 2. The minimum atomic E-state index is -1.88. The van der Waals surface area contributed by atoms with Crippen molar-refractivity contribution >= 4 is 34.8 Å². The number of amides is 3. The van der Waals surface area contributed by atoms with Crippen molar-refractivity contribution in [3.8, 4) is 0 Å². The summed E-state index contributed by atoms with van der Waals surface area (Å²) in [6.07, 6.45) is 7.83. The van der Waals surface area contributed by atoms with E-state index in [9.17, 15) is 24.6 Å². The number of aliphatic hydroxyl groups is 2. The van der Waals surface area contributed by atoms with Crippen LogP contribution in [-0.2, 0) is 26.4 Å². The van der Waals surface area contributed by atoms with Crippen molar-refractivity contribution in [2.75, 3.05) is 29.5 Å². The number of benzene rings is 2. The highest BCUT2D eigenvalue weighted by Gasteiger charge is 2.52. The van der Waals surface area contributed by atoms with Gasteiger partial charge in [0.1, 0.15) is 0 Å². The molecule has 0 saturated carbocycles. The Hall–Kier alpha value is -3.75. The average Bonchev–Trinajstić information content (AvgIpc) is 3.51. The average molecular weight is 530 g/mol. The van der Waals surface area contributed by atoms with E-state index in [0.29, 0.717) is 36.3 Å². The Kier molecular flexibility index (Phi) is 7.42. The lowest BCUT2D eigenvalue weighted by Crippen LogP contribution is -2.44. The number of carbonyl (C=O) groups is 3. The molecule has 2 N–H and O–H groups in total. The van der Waals surface area contributed by atoms with Gasteiger partial charge in [-0.15, -0.1) is 6.58 Å². The van der Waals surface area contributed by atoms with Gasteiger partial charge in [-0.1, -0.05) is 43.4 Å². The number of nitrogens with zero attached hydrogens (tertiary/aromatic N) is 3. The van der Waals surface area contributed by atoms with E-state index in [4.69, 9.17) is 0 Å². The third-order valence-electron chi connectivity index (χ3n) is 8.20.